The topological polar surface area (TPSA) is 75.0 Å². The molecule has 5 nitrogen and oxygen atoms in total. The van der Waals surface area contributed by atoms with Gasteiger partial charge in [0.1, 0.15) is 5.82 Å². The molecule has 4 rings (SSSR count). The Hall–Kier alpha value is -2.53. The zero-order valence-corrected chi connectivity index (χ0v) is 14.6. The van der Waals surface area contributed by atoms with E-state index in [1.807, 2.05) is 29.2 Å². The minimum absolute atomic E-state index is 0. The number of nitrogens with zero attached hydrogens (tertiary/aromatic N) is 2. The summed E-state index contributed by atoms with van der Waals surface area (Å²) in [5, 5.41) is 0. The van der Waals surface area contributed by atoms with E-state index in [2.05, 4.69) is 4.98 Å². The number of carbonyl (C=O) groups excluding carboxylic acids is 1. The molecule has 1 amide bonds. The summed E-state index contributed by atoms with van der Waals surface area (Å²) < 4.78 is 0. The summed E-state index contributed by atoms with van der Waals surface area (Å²) in [4.78, 5) is 22.6. The second-order valence-electron chi connectivity index (χ2n) is 6.33. The summed E-state index contributed by atoms with van der Waals surface area (Å²) in [6, 6.07) is 15.2. The number of hydrogen-bond donors (Lipinski definition) is 2. The first-order chi connectivity index (χ1) is 11.7. The molecule has 1 saturated heterocycles. The number of aromatic amines is 1. The van der Waals surface area contributed by atoms with E-state index in [4.69, 9.17) is 10.7 Å². The predicted octanol–water partition coefficient (Wildman–Crippen LogP) is 3.59. The van der Waals surface area contributed by atoms with Gasteiger partial charge < -0.3 is 15.6 Å². The van der Waals surface area contributed by atoms with Crippen molar-refractivity contribution in [2.45, 2.75) is 18.8 Å². The van der Waals surface area contributed by atoms with E-state index < -0.39 is 0 Å². The lowest BCUT2D eigenvalue weighted by atomic mass is 9.95. The largest absolute Gasteiger partial charge is 0.399 e. The number of nitrogens with one attached hydrogen (secondary N) is 1. The minimum Gasteiger partial charge on any atom is -0.399 e. The van der Waals surface area contributed by atoms with Crippen molar-refractivity contribution in [3.05, 3.63) is 59.9 Å². The number of carbonyl (C=O) groups is 1. The number of aromatic nitrogens is 2. The molecule has 0 bridgehead atoms. The quantitative estimate of drug-likeness (QED) is 0.689. The maximum Gasteiger partial charge on any atom is 0.253 e. The molecule has 1 aromatic heterocycles. The summed E-state index contributed by atoms with van der Waals surface area (Å²) >= 11 is 0. The van der Waals surface area contributed by atoms with Crippen LogP contribution in [0, 0.1) is 0 Å². The summed E-state index contributed by atoms with van der Waals surface area (Å²) in [7, 11) is 0. The van der Waals surface area contributed by atoms with Crippen LogP contribution in [0.3, 0.4) is 0 Å². The molecule has 0 radical (unpaired) electrons. The SMILES string of the molecule is Cl.Nc1ccc(C(=O)N2CCC(c3nc4ccccc4[nH]3)CC2)cc1. The van der Waals surface area contributed by atoms with E-state index in [0.29, 0.717) is 17.2 Å². The van der Waals surface area contributed by atoms with Gasteiger partial charge in [-0.25, -0.2) is 4.98 Å². The fourth-order valence-corrected chi connectivity index (χ4v) is 3.33. The Kier molecular flexibility index (Phi) is 4.95. The van der Waals surface area contributed by atoms with Crippen molar-refractivity contribution < 1.29 is 4.79 Å². The molecule has 0 saturated carbocycles. The maximum atomic E-state index is 12.6. The molecule has 6 heteroatoms. The van der Waals surface area contributed by atoms with Gasteiger partial charge in [-0.05, 0) is 49.2 Å². The van der Waals surface area contributed by atoms with Gasteiger partial charge in [-0.1, -0.05) is 12.1 Å². The molecule has 1 aliphatic heterocycles. The van der Waals surface area contributed by atoms with Crippen molar-refractivity contribution in [1.82, 2.24) is 14.9 Å². The van der Waals surface area contributed by atoms with Gasteiger partial charge in [-0.3, -0.25) is 4.79 Å². The molecule has 1 fully saturated rings. The summed E-state index contributed by atoms with van der Waals surface area (Å²) in [6.45, 7) is 1.51. The van der Waals surface area contributed by atoms with E-state index in [9.17, 15) is 4.79 Å². The first kappa shape index (κ1) is 17.3. The number of likely N-dealkylation sites (tertiary alicyclic amines) is 1. The predicted molar refractivity (Wildman–Crippen MR) is 102 cm³/mol. The lowest BCUT2D eigenvalue weighted by Crippen LogP contribution is -2.38. The van der Waals surface area contributed by atoms with Gasteiger partial charge in [-0.2, -0.15) is 0 Å². The minimum atomic E-state index is 0. The third-order valence-corrected chi connectivity index (χ3v) is 4.73. The highest BCUT2D eigenvalue weighted by molar-refractivity contribution is 5.94. The van der Waals surface area contributed by atoms with Crippen LogP contribution in [0.5, 0.6) is 0 Å². The summed E-state index contributed by atoms with van der Waals surface area (Å²) in [6.07, 6.45) is 1.86. The highest BCUT2D eigenvalue weighted by Crippen LogP contribution is 2.28. The van der Waals surface area contributed by atoms with Crippen LogP contribution in [0.25, 0.3) is 11.0 Å². The molecular weight excluding hydrogens is 336 g/mol. The number of nitrogens with two attached hydrogens (primary N) is 1. The number of H-pyrrole nitrogens is 1. The van der Waals surface area contributed by atoms with Gasteiger partial charge in [0.15, 0.2) is 0 Å². The van der Waals surface area contributed by atoms with E-state index >= 15 is 0 Å². The number of hydrogen-bond acceptors (Lipinski definition) is 3. The van der Waals surface area contributed by atoms with Crippen molar-refractivity contribution in [2.75, 3.05) is 18.8 Å². The van der Waals surface area contributed by atoms with E-state index in [0.717, 1.165) is 42.8 Å². The van der Waals surface area contributed by atoms with Crippen molar-refractivity contribution >= 4 is 35.0 Å². The van der Waals surface area contributed by atoms with Crippen LogP contribution in [0.4, 0.5) is 5.69 Å². The zero-order chi connectivity index (χ0) is 16.5. The number of benzene rings is 2. The number of halogens is 1. The van der Waals surface area contributed by atoms with Gasteiger partial charge in [0.05, 0.1) is 11.0 Å². The highest BCUT2D eigenvalue weighted by atomic mass is 35.5. The standard InChI is InChI=1S/C19H20N4O.ClH/c20-15-7-5-14(6-8-15)19(24)23-11-9-13(10-12-23)18-21-16-3-1-2-4-17(16)22-18;/h1-8,13H,9-12,20H2,(H,21,22);1H. The summed E-state index contributed by atoms with van der Waals surface area (Å²) in [5.74, 6) is 1.50. The number of fused-ring (bicyclic) bond motifs is 1. The maximum absolute atomic E-state index is 12.6. The normalized spacial score (nSPS) is 15.1. The Labute approximate surface area is 152 Å². The van der Waals surface area contributed by atoms with Gasteiger partial charge in [0.25, 0.3) is 5.91 Å². The third-order valence-electron chi connectivity index (χ3n) is 4.73. The lowest BCUT2D eigenvalue weighted by Gasteiger charge is -2.31. The van der Waals surface area contributed by atoms with Gasteiger partial charge in [-0.15, -0.1) is 12.4 Å². The van der Waals surface area contributed by atoms with Crippen LogP contribution in [0.1, 0.15) is 34.9 Å². The van der Waals surface area contributed by atoms with Gasteiger partial charge in [0, 0.05) is 30.3 Å². The number of amides is 1. The van der Waals surface area contributed by atoms with Crippen molar-refractivity contribution in [1.29, 1.82) is 0 Å². The number of rotatable bonds is 2. The molecule has 3 aromatic rings. The van der Waals surface area contributed by atoms with Crippen molar-refractivity contribution in [3.63, 3.8) is 0 Å². The van der Waals surface area contributed by atoms with Crippen LogP contribution in [-0.2, 0) is 0 Å². The number of piperidine rings is 1. The average molecular weight is 357 g/mol. The van der Waals surface area contributed by atoms with E-state index in [-0.39, 0.29) is 18.3 Å². The van der Waals surface area contributed by atoms with E-state index in [1.165, 1.54) is 0 Å². The average Bonchev–Trinajstić information content (AvgIpc) is 3.06. The molecule has 2 aromatic carbocycles. The van der Waals surface area contributed by atoms with Crippen LogP contribution < -0.4 is 5.73 Å². The molecule has 0 unspecified atom stereocenters. The molecule has 3 N–H and O–H groups in total. The van der Waals surface area contributed by atoms with Crippen molar-refractivity contribution in [3.8, 4) is 0 Å². The monoisotopic (exact) mass is 356 g/mol. The zero-order valence-electron chi connectivity index (χ0n) is 13.8. The molecule has 1 aliphatic rings. The molecule has 2 heterocycles. The molecule has 25 heavy (non-hydrogen) atoms. The summed E-state index contributed by atoms with van der Waals surface area (Å²) in [5.41, 5.74) is 9.14. The van der Waals surface area contributed by atoms with Crippen LogP contribution in [0.2, 0.25) is 0 Å². The Bertz CT molecular complexity index is 834. The van der Waals surface area contributed by atoms with E-state index in [1.54, 1.807) is 24.3 Å². The van der Waals surface area contributed by atoms with Crippen LogP contribution >= 0.6 is 12.4 Å². The second kappa shape index (κ2) is 7.15. The van der Waals surface area contributed by atoms with Gasteiger partial charge >= 0.3 is 0 Å². The molecule has 0 aliphatic carbocycles. The molecular formula is C19H21ClN4O. The Morgan fingerprint density at radius 2 is 1.76 bits per heavy atom. The second-order valence-corrected chi connectivity index (χ2v) is 6.33. The Balaban J connectivity index is 0.00000182. The first-order valence-corrected chi connectivity index (χ1v) is 8.30. The van der Waals surface area contributed by atoms with Crippen LogP contribution in [0.15, 0.2) is 48.5 Å². The number of para-hydroxylation sites is 2. The third kappa shape index (κ3) is 3.46. The van der Waals surface area contributed by atoms with Crippen LogP contribution in [-0.4, -0.2) is 33.9 Å². The Morgan fingerprint density at radius 1 is 1.08 bits per heavy atom. The fraction of sp³-hybridized carbons (Fsp3) is 0.263. The molecule has 0 atom stereocenters. The Morgan fingerprint density at radius 3 is 2.44 bits per heavy atom. The fourth-order valence-electron chi connectivity index (χ4n) is 3.33. The number of anilines is 1. The van der Waals surface area contributed by atoms with Crippen molar-refractivity contribution in [2.24, 2.45) is 0 Å². The molecule has 130 valence electrons. The smallest absolute Gasteiger partial charge is 0.253 e. The number of imidazole rings is 1. The lowest BCUT2D eigenvalue weighted by molar-refractivity contribution is 0.0711. The van der Waals surface area contributed by atoms with Gasteiger partial charge in [0.2, 0.25) is 0 Å². The number of nitrogen functional groups attached to an aromatic ring is 1. The highest BCUT2D eigenvalue weighted by Gasteiger charge is 2.26. The molecule has 0 spiro atoms. The first-order valence-electron chi connectivity index (χ1n) is 8.30.